The highest BCUT2D eigenvalue weighted by molar-refractivity contribution is 5.74. The van der Waals surface area contributed by atoms with Crippen LogP contribution in [0.15, 0.2) is 12.3 Å². The maximum atomic E-state index is 12.1. The van der Waals surface area contributed by atoms with Crippen molar-refractivity contribution >= 4 is 17.5 Å². The number of anilines is 2. The molecule has 0 spiro atoms. The number of ether oxygens (including phenoxy) is 1. The SMILES string of the molecule is CC.COc1cc(N(C)c2nn(C3CCC(O)CC3)c3c2CN(C(C)=O)CC3)ncc1C. The molecular formula is C24H37N5O3. The van der Waals surface area contributed by atoms with Gasteiger partial charge in [-0.1, -0.05) is 13.8 Å². The normalized spacial score (nSPS) is 20.2. The Morgan fingerprint density at radius 3 is 2.56 bits per heavy atom. The molecule has 8 heteroatoms. The van der Waals surface area contributed by atoms with Crippen molar-refractivity contribution in [3.8, 4) is 5.75 Å². The van der Waals surface area contributed by atoms with Crippen LogP contribution >= 0.6 is 0 Å². The molecule has 1 aliphatic heterocycles. The monoisotopic (exact) mass is 443 g/mol. The molecule has 176 valence electrons. The zero-order valence-electron chi connectivity index (χ0n) is 20.3. The van der Waals surface area contributed by atoms with E-state index in [-0.39, 0.29) is 18.1 Å². The van der Waals surface area contributed by atoms with Gasteiger partial charge in [0.05, 0.1) is 25.8 Å². The molecule has 4 rings (SSSR count). The van der Waals surface area contributed by atoms with E-state index in [1.807, 2.05) is 43.7 Å². The Hall–Kier alpha value is -2.61. The van der Waals surface area contributed by atoms with Crippen molar-refractivity contribution in [3.63, 3.8) is 0 Å². The highest BCUT2D eigenvalue weighted by Crippen LogP contribution is 2.37. The second-order valence-corrected chi connectivity index (χ2v) is 8.42. The van der Waals surface area contributed by atoms with E-state index < -0.39 is 0 Å². The summed E-state index contributed by atoms with van der Waals surface area (Å²) in [4.78, 5) is 20.5. The predicted octanol–water partition coefficient (Wildman–Crippen LogP) is 3.77. The molecule has 3 heterocycles. The van der Waals surface area contributed by atoms with E-state index in [9.17, 15) is 9.90 Å². The molecule has 0 aromatic carbocycles. The summed E-state index contributed by atoms with van der Waals surface area (Å²) < 4.78 is 7.64. The zero-order valence-corrected chi connectivity index (χ0v) is 20.3. The number of fused-ring (bicyclic) bond motifs is 1. The maximum absolute atomic E-state index is 12.1. The first-order chi connectivity index (χ1) is 15.4. The number of amides is 1. The minimum atomic E-state index is -0.202. The molecule has 1 fully saturated rings. The summed E-state index contributed by atoms with van der Waals surface area (Å²) in [5.41, 5.74) is 3.27. The lowest BCUT2D eigenvalue weighted by Gasteiger charge is -2.30. The summed E-state index contributed by atoms with van der Waals surface area (Å²) in [7, 11) is 3.62. The number of rotatable bonds is 4. The number of methoxy groups -OCH3 is 1. The smallest absolute Gasteiger partial charge is 0.219 e. The van der Waals surface area contributed by atoms with Crippen molar-refractivity contribution in [1.82, 2.24) is 19.7 Å². The van der Waals surface area contributed by atoms with E-state index in [2.05, 4.69) is 9.67 Å². The number of hydrogen-bond donors (Lipinski definition) is 1. The number of carbonyl (C=O) groups excluding carboxylic acids is 1. The number of aromatic nitrogens is 3. The second kappa shape index (κ2) is 10.3. The van der Waals surface area contributed by atoms with E-state index in [0.717, 1.165) is 60.6 Å². The number of carbonyl (C=O) groups is 1. The standard InChI is InChI=1S/C22H31N5O3.C2H6/c1-14-12-23-21(11-20(14)30-4)25(3)22-18-13-26(15(2)28)10-9-19(18)27(24-22)16-5-7-17(29)8-6-16;1-2/h11-12,16-17,29H,5-10,13H2,1-4H3;1-2H3. The number of aliphatic hydroxyl groups excluding tert-OH is 1. The van der Waals surface area contributed by atoms with Crippen LogP contribution in [0.3, 0.4) is 0 Å². The topological polar surface area (TPSA) is 83.7 Å². The van der Waals surface area contributed by atoms with Crippen LogP contribution in [-0.4, -0.2) is 57.5 Å². The first-order valence-electron chi connectivity index (χ1n) is 11.7. The third kappa shape index (κ3) is 4.75. The quantitative estimate of drug-likeness (QED) is 0.774. The van der Waals surface area contributed by atoms with Gasteiger partial charge in [-0.05, 0) is 32.6 Å². The number of aliphatic hydroxyl groups is 1. The van der Waals surface area contributed by atoms with Crippen molar-refractivity contribution < 1.29 is 14.6 Å². The molecule has 0 bridgehead atoms. The molecule has 0 radical (unpaired) electrons. The van der Waals surface area contributed by atoms with Crippen LogP contribution in [0, 0.1) is 6.92 Å². The van der Waals surface area contributed by atoms with Gasteiger partial charge in [-0.2, -0.15) is 5.10 Å². The first kappa shape index (κ1) is 24.0. The summed E-state index contributed by atoms with van der Waals surface area (Å²) in [5.74, 6) is 2.45. The van der Waals surface area contributed by atoms with E-state index in [0.29, 0.717) is 13.1 Å². The third-order valence-corrected chi connectivity index (χ3v) is 6.44. The average molecular weight is 444 g/mol. The Kier molecular flexibility index (Phi) is 7.77. The van der Waals surface area contributed by atoms with Crippen molar-refractivity contribution in [2.45, 2.75) is 78.5 Å². The van der Waals surface area contributed by atoms with Gasteiger partial charge >= 0.3 is 0 Å². The van der Waals surface area contributed by atoms with Crippen molar-refractivity contribution in [1.29, 1.82) is 0 Å². The molecule has 0 saturated heterocycles. The molecule has 2 aliphatic rings. The van der Waals surface area contributed by atoms with Gasteiger partial charge in [0.25, 0.3) is 0 Å². The molecule has 1 N–H and O–H groups in total. The molecule has 8 nitrogen and oxygen atoms in total. The summed E-state index contributed by atoms with van der Waals surface area (Å²) in [5, 5.41) is 15.0. The number of hydrogen-bond acceptors (Lipinski definition) is 6. The Labute approximate surface area is 191 Å². The fraction of sp³-hybridized carbons (Fsp3) is 0.625. The molecule has 2 aromatic heterocycles. The van der Waals surface area contributed by atoms with E-state index in [1.54, 1.807) is 20.2 Å². The van der Waals surface area contributed by atoms with Gasteiger partial charge in [-0.15, -0.1) is 0 Å². The van der Waals surface area contributed by atoms with Gasteiger partial charge in [0, 0.05) is 56.0 Å². The molecular weight excluding hydrogens is 406 g/mol. The summed E-state index contributed by atoms with van der Waals surface area (Å²) in [6.07, 6.45) is 5.85. The van der Waals surface area contributed by atoms with Gasteiger partial charge in [-0.25, -0.2) is 4.98 Å². The fourth-order valence-corrected chi connectivity index (χ4v) is 4.58. The second-order valence-electron chi connectivity index (χ2n) is 8.42. The van der Waals surface area contributed by atoms with Gasteiger partial charge < -0.3 is 19.6 Å². The van der Waals surface area contributed by atoms with Crippen LogP contribution in [0.2, 0.25) is 0 Å². The van der Waals surface area contributed by atoms with Gasteiger partial charge in [0.2, 0.25) is 5.91 Å². The number of aryl methyl sites for hydroxylation is 1. The third-order valence-electron chi connectivity index (χ3n) is 6.44. The van der Waals surface area contributed by atoms with Gasteiger partial charge in [0.15, 0.2) is 5.82 Å². The lowest BCUT2D eigenvalue weighted by molar-refractivity contribution is -0.129. The highest BCUT2D eigenvalue weighted by Gasteiger charge is 2.32. The van der Waals surface area contributed by atoms with Gasteiger partial charge in [0.1, 0.15) is 11.6 Å². The molecule has 0 unspecified atom stereocenters. The van der Waals surface area contributed by atoms with Crippen LogP contribution in [-0.2, 0) is 17.8 Å². The lowest BCUT2D eigenvalue weighted by Crippen LogP contribution is -2.35. The van der Waals surface area contributed by atoms with Crippen molar-refractivity contribution in [2.75, 3.05) is 25.6 Å². The predicted molar refractivity (Wildman–Crippen MR) is 125 cm³/mol. The first-order valence-corrected chi connectivity index (χ1v) is 11.7. The van der Waals surface area contributed by atoms with Gasteiger partial charge in [-0.3, -0.25) is 9.48 Å². The minimum Gasteiger partial charge on any atom is -0.496 e. The fourth-order valence-electron chi connectivity index (χ4n) is 4.58. The van der Waals surface area contributed by atoms with E-state index >= 15 is 0 Å². The summed E-state index contributed by atoms with van der Waals surface area (Å²) in [6.45, 7) is 8.86. The Morgan fingerprint density at radius 1 is 1.25 bits per heavy atom. The minimum absolute atomic E-state index is 0.0814. The summed E-state index contributed by atoms with van der Waals surface area (Å²) >= 11 is 0. The molecule has 1 saturated carbocycles. The molecule has 1 aliphatic carbocycles. The molecule has 32 heavy (non-hydrogen) atoms. The van der Waals surface area contributed by atoms with Crippen LogP contribution < -0.4 is 9.64 Å². The number of pyridine rings is 1. The van der Waals surface area contributed by atoms with Crippen molar-refractivity contribution in [2.24, 2.45) is 0 Å². The summed E-state index contributed by atoms with van der Waals surface area (Å²) in [6, 6.07) is 2.21. The number of nitrogens with zero attached hydrogens (tertiary/aromatic N) is 5. The lowest BCUT2D eigenvalue weighted by atomic mass is 9.92. The van der Waals surface area contributed by atoms with E-state index in [4.69, 9.17) is 9.84 Å². The molecule has 0 atom stereocenters. The average Bonchev–Trinajstić information content (AvgIpc) is 3.19. The largest absolute Gasteiger partial charge is 0.496 e. The maximum Gasteiger partial charge on any atom is 0.219 e. The van der Waals surface area contributed by atoms with Crippen LogP contribution in [0.1, 0.15) is 69.3 Å². The Bertz CT molecular complexity index is 934. The Morgan fingerprint density at radius 2 is 1.94 bits per heavy atom. The zero-order chi connectivity index (χ0) is 23.4. The molecule has 2 aromatic rings. The van der Waals surface area contributed by atoms with Crippen LogP contribution in [0.4, 0.5) is 11.6 Å². The van der Waals surface area contributed by atoms with Crippen molar-refractivity contribution in [3.05, 3.63) is 29.1 Å². The van der Waals surface area contributed by atoms with Crippen LogP contribution in [0.5, 0.6) is 5.75 Å². The van der Waals surface area contributed by atoms with Crippen LogP contribution in [0.25, 0.3) is 0 Å². The molecule has 1 amide bonds. The van der Waals surface area contributed by atoms with E-state index in [1.165, 1.54) is 5.69 Å². The highest BCUT2D eigenvalue weighted by atomic mass is 16.5. The Balaban J connectivity index is 0.00000141.